The third kappa shape index (κ3) is 2.65. The Morgan fingerprint density at radius 1 is 1.21 bits per heavy atom. The van der Waals surface area contributed by atoms with Crippen molar-refractivity contribution in [1.82, 2.24) is 0 Å². The Bertz CT molecular complexity index is 470. The highest BCUT2D eigenvalue weighted by Gasteiger charge is 2.32. The minimum absolute atomic E-state index is 0.540. The molecule has 2 unspecified atom stereocenters. The lowest BCUT2D eigenvalue weighted by atomic mass is 10.1. The lowest BCUT2D eigenvalue weighted by Crippen LogP contribution is -2.29. The molecule has 0 bridgehead atoms. The number of ether oxygens (including phenoxy) is 2. The van der Waals surface area contributed by atoms with E-state index < -0.39 is 5.79 Å². The molecule has 1 N–H and O–H groups in total. The fourth-order valence-electron chi connectivity index (χ4n) is 3.12. The van der Waals surface area contributed by atoms with Crippen LogP contribution in [0.2, 0.25) is 0 Å². The average molecular weight is 261 g/mol. The van der Waals surface area contributed by atoms with E-state index in [4.69, 9.17) is 9.47 Å². The Hall–Kier alpha value is -1.38. The highest BCUT2D eigenvalue weighted by Crippen LogP contribution is 2.41. The van der Waals surface area contributed by atoms with Crippen LogP contribution in [-0.4, -0.2) is 11.8 Å². The molecule has 3 rings (SSSR count). The molecule has 3 nitrogen and oxygen atoms in total. The second kappa shape index (κ2) is 4.62. The first kappa shape index (κ1) is 12.6. The average Bonchev–Trinajstić information content (AvgIpc) is 2.91. The van der Waals surface area contributed by atoms with Crippen LogP contribution in [0.25, 0.3) is 0 Å². The number of hydrogen-bond donors (Lipinski definition) is 1. The van der Waals surface area contributed by atoms with Crippen molar-refractivity contribution in [2.45, 2.75) is 58.3 Å². The quantitative estimate of drug-likeness (QED) is 0.885. The van der Waals surface area contributed by atoms with Gasteiger partial charge >= 0.3 is 0 Å². The van der Waals surface area contributed by atoms with E-state index in [1.54, 1.807) is 0 Å². The smallest absolute Gasteiger partial charge is 0.246 e. The maximum Gasteiger partial charge on any atom is 0.246 e. The molecular weight excluding hydrogens is 238 g/mol. The van der Waals surface area contributed by atoms with Crippen molar-refractivity contribution >= 4 is 5.69 Å². The van der Waals surface area contributed by atoms with Gasteiger partial charge in [-0.1, -0.05) is 13.3 Å². The number of nitrogens with one attached hydrogen (secondary N) is 1. The van der Waals surface area contributed by atoms with Crippen LogP contribution < -0.4 is 14.8 Å². The maximum atomic E-state index is 5.78. The van der Waals surface area contributed by atoms with Crippen molar-refractivity contribution in [3.63, 3.8) is 0 Å². The molecule has 0 radical (unpaired) electrons. The summed E-state index contributed by atoms with van der Waals surface area (Å²) in [5.41, 5.74) is 1.14. The first-order valence-electron chi connectivity index (χ1n) is 7.34. The topological polar surface area (TPSA) is 30.5 Å². The van der Waals surface area contributed by atoms with Crippen LogP contribution in [0.4, 0.5) is 5.69 Å². The third-order valence-corrected chi connectivity index (χ3v) is 4.14. The van der Waals surface area contributed by atoms with E-state index in [0.29, 0.717) is 6.04 Å². The second-order valence-electron chi connectivity index (χ2n) is 6.19. The zero-order chi connectivity index (χ0) is 13.5. The normalized spacial score (nSPS) is 27.5. The predicted molar refractivity (Wildman–Crippen MR) is 76.8 cm³/mol. The van der Waals surface area contributed by atoms with Crippen LogP contribution in [0.15, 0.2) is 18.2 Å². The lowest BCUT2D eigenvalue weighted by molar-refractivity contribution is -0.0431. The van der Waals surface area contributed by atoms with Gasteiger partial charge in [0.1, 0.15) is 0 Å². The molecule has 3 heteroatoms. The number of anilines is 1. The number of fused-ring (bicyclic) bond motifs is 1. The molecule has 1 saturated carbocycles. The molecule has 2 atom stereocenters. The molecule has 0 saturated heterocycles. The summed E-state index contributed by atoms with van der Waals surface area (Å²) >= 11 is 0. The minimum atomic E-state index is -0.540. The van der Waals surface area contributed by atoms with Crippen molar-refractivity contribution in [1.29, 1.82) is 0 Å². The molecule has 1 aliphatic heterocycles. The summed E-state index contributed by atoms with van der Waals surface area (Å²) in [4.78, 5) is 0. The first-order chi connectivity index (χ1) is 9.05. The van der Waals surface area contributed by atoms with Crippen molar-refractivity contribution < 1.29 is 9.47 Å². The molecule has 19 heavy (non-hydrogen) atoms. The summed E-state index contributed by atoms with van der Waals surface area (Å²) < 4.78 is 11.5. The van der Waals surface area contributed by atoms with Crippen LogP contribution in [-0.2, 0) is 0 Å². The van der Waals surface area contributed by atoms with Gasteiger partial charge in [0.2, 0.25) is 5.79 Å². The zero-order valence-corrected chi connectivity index (χ0v) is 12.0. The Morgan fingerprint density at radius 3 is 2.74 bits per heavy atom. The lowest BCUT2D eigenvalue weighted by Gasteiger charge is -2.16. The summed E-state index contributed by atoms with van der Waals surface area (Å²) in [6.07, 6.45) is 5.22. The van der Waals surface area contributed by atoms with Crippen LogP contribution in [0.5, 0.6) is 11.5 Å². The molecule has 1 aliphatic carbocycles. The Morgan fingerprint density at radius 2 is 2.00 bits per heavy atom. The van der Waals surface area contributed by atoms with E-state index in [2.05, 4.69) is 24.4 Å². The highest BCUT2D eigenvalue weighted by molar-refractivity contribution is 5.56. The van der Waals surface area contributed by atoms with E-state index in [1.165, 1.54) is 25.7 Å². The standard InChI is InChI=1S/C16H23NO2/c1-4-11-5-6-12(9-11)17-13-7-8-14-15(10-13)19-16(2,3)18-14/h7-8,10-12,17H,4-6,9H2,1-3H3. The second-order valence-corrected chi connectivity index (χ2v) is 6.19. The fraction of sp³-hybridized carbons (Fsp3) is 0.625. The Balaban J connectivity index is 1.68. The van der Waals surface area contributed by atoms with Gasteiger partial charge in [0.15, 0.2) is 11.5 Å². The van der Waals surface area contributed by atoms with Gasteiger partial charge in [-0.2, -0.15) is 0 Å². The molecule has 1 aromatic rings. The molecule has 0 spiro atoms. The number of benzene rings is 1. The third-order valence-electron chi connectivity index (χ3n) is 4.14. The van der Waals surface area contributed by atoms with Crippen LogP contribution in [0, 0.1) is 5.92 Å². The largest absolute Gasteiger partial charge is 0.449 e. The number of hydrogen-bond acceptors (Lipinski definition) is 3. The van der Waals surface area contributed by atoms with Gasteiger partial charge in [-0.05, 0) is 37.3 Å². The van der Waals surface area contributed by atoms with Crippen LogP contribution in [0.1, 0.15) is 46.5 Å². The SMILES string of the molecule is CCC1CCC(Nc2ccc3c(c2)OC(C)(C)O3)C1. The monoisotopic (exact) mass is 261 g/mol. The van der Waals surface area contributed by atoms with Gasteiger partial charge in [0, 0.05) is 31.6 Å². The van der Waals surface area contributed by atoms with E-state index >= 15 is 0 Å². The van der Waals surface area contributed by atoms with E-state index in [0.717, 1.165) is 23.1 Å². The molecule has 1 heterocycles. The summed E-state index contributed by atoms with van der Waals surface area (Å²) in [7, 11) is 0. The molecule has 2 aliphatic rings. The zero-order valence-electron chi connectivity index (χ0n) is 12.0. The first-order valence-corrected chi connectivity index (χ1v) is 7.34. The highest BCUT2D eigenvalue weighted by atomic mass is 16.7. The minimum Gasteiger partial charge on any atom is -0.449 e. The Labute approximate surface area is 115 Å². The van der Waals surface area contributed by atoms with E-state index in [9.17, 15) is 0 Å². The van der Waals surface area contributed by atoms with Crippen LogP contribution in [0.3, 0.4) is 0 Å². The summed E-state index contributed by atoms with van der Waals surface area (Å²) in [5, 5.41) is 3.63. The van der Waals surface area contributed by atoms with Gasteiger partial charge in [0.25, 0.3) is 0 Å². The van der Waals surface area contributed by atoms with E-state index in [1.807, 2.05) is 19.9 Å². The van der Waals surface area contributed by atoms with E-state index in [-0.39, 0.29) is 0 Å². The van der Waals surface area contributed by atoms with Crippen LogP contribution >= 0.6 is 0 Å². The predicted octanol–water partition coefficient (Wildman–Crippen LogP) is 4.18. The van der Waals surface area contributed by atoms with Gasteiger partial charge in [0.05, 0.1) is 0 Å². The van der Waals surface area contributed by atoms with Gasteiger partial charge in [-0.15, -0.1) is 0 Å². The summed E-state index contributed by atoms with van der Waals surface area (Å²) in [5.74, 6) is 2.04. The Kier molecular flexibility index (Phi) is 3.08. The van der Waals surface area contributed by atoms with Crippen molar-refractivity contribution in [2.24, 2.45) is 5.92 Å². The van der Waals surface area contributed by atoms with Gasteiger partial charge < -0.3 is 14.8 Å². The molecule has 104 valence electrons. The number of rotatable bonds is 3. The fourth-order valence-corrected chi connectivity index (χ4v) is 3.12. The van der Waals surface area contributed by atoms with Gasteiger partial charge in [-0.25, -0.2) is 0 Å². The van der Waals surface area contributed by atoms with Gasteiger partial charge in [-0.3, -0.25) is 0 Å². The summed E-state index contributed by atoms with van der Waals surface area (Å²) in [6, 6.07) is 6.75. The molecular formula is C16H23NO2. The van der Waals surface area contributed by atoms with Crippen molar-refractivity contribution in [3.05, 3.63) is 18.2 Å². The molecule has 0 aromatic heterocycles. The molecule has 1 fully saturated rings. The molecule has 1 aromatic carbocycles. The van der Waals surface area contributed by atoms with Crippen molar-refractivity contribution in [3.8, 4) is 11.5 Å². The molecule has 0 amide bonds. The summed E-state index contributed by atoms with van der Waals surface area (Å²) in [6.45, 7) is 6.15. The van der Waals surface area contributed by atoms with Crippen molar-refractivity contribution in [2.75, 3.05) is 5.32 Å². The maximum absolute atomic E-state index is 5.78.